The first-order valence-corrected chi connectivity index (χ1v) is 4.87. The molecule has 1 heterocycles. The van der Waals surface area contributed by atoms with Crippen LogP contribution in [0.1, 0.15) is 19.8 Å². The predicted molar refractivity (Wildman–Crippen MR) is 52.9 cm³/mol. The van der Waals surface area contributed by atoms with Gasteiger partial charge in [0.25, 0.3) is 0 Å². The summed E-state index contributed by atoms with van der Waals surface area (Å²) < 4.78 is 0. The number of hydrogen-bond donors (Lipinski definition) is 1. The number of hydrogen-bond acceptors (Lipinski definition) is 3. The smallest absolute Gasteiger partial charge is 0.148 e. The zero-order valence-corrected chi connectivity index (χ0v) is 8.25. The van der Waals surface area contributed by atoms with Gasteiger partial charge in [-0.2, -0.15) is 0 Å². The highest BCUT2D eigenvalue weighted by molar-refractivity contribution is 6.32. The lowest BCUT2D eigenvalue weighted by molar-refractivity contribution is 0.303. The number of nitrogens with zero attached hydrogens (tertiary/aromatic N) is 2. The van der Waals surface area contributed by atoms with Crippen LogP contribution in [0.2, 0.25) is 5.02 Å². The molecule has 3 nitrogen and oxygen atoms in total. The van der Waals surface area contributed by atoms with Crippen LogP contribution in [0.3, 0.4) is 0 Å². The highest BCUT2D eigenvalue weighted by Crippen LogP contribution is 2.30. The molecule has 1 aliphatic carbocycles. The van der Waals surface area contributed by atoms with Crippen LogP contribution < -0.4 is 5.32 Å². The highest BCUT2D eigenvalue weighted by atomic mass is 35.5. The van der Waals surface area contributed by atoms with Crippen molar-refractivity contribution in [2.45, 2.75) is 25.8 Å². The molecule has 0 radical (unpaired) electrons. The van der Waals surface area contributed by atoms with Gasteiger partial charge in [0.2, 0.25) is 0 Å². The summed E-state index contributed by atoms with van der Waals surface area (Å²) >= 11 is 5.91. The second-order valence-electron chi connectivity index (χ2n) is 3.52. The number of rotatable bonds is 2. The third kappa shape index (κ3) is 1.75. The second-order valence-corrected chi connectivity index (χ2v) is 3.93. The minimum absolute atomic E-state index is 0.535. The minimum atomic E-state index is 0.535. The van der Waals surface area contributed by atoms with Crippen LogP contribution in [0, 0.1) is 5.92 Å². The fourth-order valence-corrected chi connectivity index (χ4v) is 1.64. The van der Waals surface area contributed by atoms with Crippen LogP contribution in [-0.2, 0) is 0 Å². The van der Waals surface area contributed by atoms with Gasteiger partial charge >= 0.3 is 0 Å². The lowest BCUT2D eigenvalue weighted by Crippen LogP contribution is -2.36. The van der Waals surface area contributed by atoms with E-state index in [9.17, 15) is 0 Å². The van der Waals surface area contributed by atoms with E-state index in [1.165, 1.54) is 19.2 Å². The molecule has 1 N–H and O–H groups in total. The van der Waals surface area contributed by atoms with Crippen LogP contribution >= 0.6 is 11.6 Å². The Hall–Kier alpha value is -0.830. The average molecular weight is 198 g/mol. The maximum atomic E-state index is 5.91. The van der Waals surface area contributed by atoms with E-state index in [0.29, 0.717) is 11.1 Å². The summed E-state index contributed by atoms with van der Waals surface area (Å²) in [6, 6.07) is 0.535. The zero-order valence-electron chi connectivity index (χ0n) is 7.50. The Kier molecular flexibility index (Phi) is 2.36. The summed E-state index contributed by atoms with van der Waals surface area (Å²) in [4.78, 5) is 7.91. The van der Waals surface area contributed by atoms with E-state index in [0.717, 1.165) is 11.7 Å². The number of nitrogens with one attached hydrogen (secondary N) is 1. The van der Waals surface area contributed by atoms with Gasteiger partial charge in [-0.15, -0.1) is 0 Å². The van der Waals surface area contributed by atoms with E-state index in [2.05, 4.69) is 22.2 Å². The highest BCUT2D eigenvalue weighted by Gasteiger charge is 2.27. The molecule has 0 bridgehead atoms. The summed E-state index contributed by atoms with van der Waals surface area (Å²) in [5.74, 6) is 1.49. The van der Waals surface area contributed by atoms with Gasteiger partial charge in [-0.1, -0.05) is 18.5 Å². The van der Waals surface area contributed by atoms with Crippen molar-refractivity contribution in [3.63, 3.8) is 0 Å². The van der Waals surface area contributed by atoms with Crippen molar-refractivity contribution >= 4 is 17.4 Å². The molecule has 2 unspecified atom stereocenters. The topological polar surface area (TPSA) is 37.8 Å². The number of aromatic nitrogens is 2. The van der Waals surface area contributed by atoms with Crippen molar-refractivity contribution in [3.8, 4) is 0 Å². The van der Waals surface area contributed by atoms with E-state index < -0.39 is 0 Å². The molecule has 13 heavy (non-hydrogen) atoms. The van der Waals surface area contributed by atoms with Gasteiger partial charge in [-0.3, -0.25) is 0 Å². The fourth-order valence-electron chi connectivity index (χ4n) is 1.48. The van der Waals surface area contributed by atoms with Crippen molar-refractivity contribution < 1.29 is 0 Å². The van der Waals surface area contributed by atoms with E-state index in [1.54, 1.807) is 6.20 Å². The minimum Gasteiger partial charge on any atom is -0.366 e. The maximum Gasteiger partial charge on any atom is 0.148 e. The Labute approximate surface area is 82.5 Å². The fraction of sp³-hybridized carbons (Fsp3) is 0.556. The van der Waals surface area contributed by atoms with Crippen LogP contribution in [0.4, 0.5) is 5.82 Å². The van der Waals surface area contributed by atoms with Crippen LogP contribution in [0.5, 0.6) is 0 Å². The Morgan fingerprint density at radius 1 is 1.54 bits per heavy atom. The Balaban J connectivity index is 2.05. The first-order chi connectivity index (χ1) is 6.27. The number of anilines is 1. The molecule has 1 aliphatic rings. The summed E-state index contributed by atoms with van der Waals surface area (Å²) in [7, 11) is 0. The quantitative estimate of drug-likeness (QED) is 0.791. The first kappa shape index (κ1) is 8.75. The molecule has 0 saturated heterocycles. The summed E-state index contributed by atoms with van der Waals surface area (Å²) in [6.07, 6.45) is 5.62. The lowest BCUT2D eigenvalue weighted by atomic mass is 9.81. The Morgan fingerprint density at radius 3 is 2.92 bits per heavy atom. The molecule has 2 atom stereocenters. The Morgan fingerprint density at radius 2 is 2.38 bits per heavy atom. The molecular weight excluding hydrogens is 186 g/mol. The van der Waals surface area contributed by atoms with Gasteiger partial charge in [0, 0.05) is 6.04 Å². The van der Waals surface area contributed by atoms with E-state index in [1.807, 2.05) is 0 Å². The van der Waals surface area contributed by atoms with Crippen LogP contribution in [-0.4, -0.2) is 16.0 Å². The zero-order chi connectivity index (χ0) is 9.26. The molecule has 1 saturated carbocycles. The average Bonchev–Trinajstić information content (AvgIpc) is 2.14. The third-order valence-electron chi connectivity index (χ3n) is 2.61. The monoisotopic (exact) mass is 197 g/mol. The summed E-state index contributed by atoms with van der Waals surface area (Å²) in [6.45, 7) is 2.23. The van der Waals surface area contributed by atoms with Gasteiger partial charge < -0.3 is 5.32 Å². The van der Waals surface area contributed by atoms with Crippen molar-refractivity contribution in [2.24, 2.45) is 5.92 Å². The normalized spacial score (nSPS) is 26.6. The molecule has 1 fully saturated rings. The van der Waals surface area contributed by atoms with Gasteiger partial charge in [0.15, 0.2) is 0 Å². The van der Waals surface area contributed by atoms with E-state index >= 15 is 0 Å². The Bertz CT molecular complexity index is 303. The third-order valence-corrected chi connectivity index (χ3v) is 2.89. The molecule has 4 heteroatoms. The molecule has 0 amide bonds. The molecule has 0 aliphatic heterocycles. The van der Waals surface area contributed by atoms with Crippen molar-refractivity contribution in [2.75, 3.05) is 5.32 Å². The predicted octanol–water partition coefficient (Wildman–Crippen LogP) is 2.34. The summed E-state index contributed by atoms with van der Waals surface area (Å²) in [5, 5.41) is 3.91. The second kappa shape index (κ2) is 3.50. The molecule has 0 aromatic carbocycles. The summed E-state index contributed by atoms with van der Waals surface area (Å²) in [5.41, 5.74) is 0. The number of halogens is 1. The van der Waals surface area contributed by atoms with Crippen LogP contribution in [0.15, 0.2) is 12.5 Å². The van der Waals surface area contributed by atoms with Crippen LogP contribution in [0.25, 0.3) is 0 Å². The van der Waals surface area contributed by atoms with Crippen molar-refractivity contribution in [3.05, 3.63) is 17.5 Å². The molecule has 1 aromatic heterocycles. The maximum absolute atomic E-state index is 5.91. The molecule has 2 rings (SSSR count). The molecule has 0 spiro atoms. The van der Waals surface area contributed by atoms with Crippen molar-refractivity contribution in [1.29, 1.82) is 0 Å². The molecule has 70 valence electrons. The van der Waals surface area contributed by atoms with E-state index in [-0.39, 0.29) is 0 Å². The first-order valence-electron chi connectivity index (χ1n) is 4.49. The van der Waals surface area contributed by atoms with E-state index in [4.69, 9.17) is 11.6 Å². The molecule has 1 aromatic rings. The van der Waals surface area contributed by atoms with Gasteiger partial charge in [0.05, 0.1) is 6.20 Å². The molecular formula is C9H12ClN3. The van der Waals surface area contributed by atoms with Crippen molar-refractivity contribution in [1.82, 2.24) is 9.97 Å². The van der Waals surface area contributed by atoms with Gasteiger partial charge in [-0.05, 0) is 18.8 Å². The largest absolute Gasteiger partial charge is 0.366 e. The van der Waals surface area contributed by atoms with Gasteiger partial charge in [0.1, 0.15) is 17.2 Å². The van der Waals surface area contributed by atoms with Gasteiger partial charge in [-0.25, -0.2) is 9.97 Å². The standard InChI is InChI=1S/C9H12ClN3/c1-6-2-3-8(6)13-9-7(10)4-11-5-12-9/h4-6,8H,2-3H2,1H3,(H,11,12,13). The lowest BCUT2D eigenvalue weighted by Gasteiger charge is -2.34. The SMILES string of the molecule is CC1CCC1Nc1ncncc1Cl.